The SMILES string of the molecule is CC(C)O[C@H](CO)c1ccccc1.CCOC(=O)c1sc2c(c1C)c(=O)n(C(C)(C)C(=O)O)c(=O)n2C[C@@H](OC(C)C)c1ccccc1.CCOC(=O)c1sc2c(c1C)c(=O)n(C(C)(C)C(=O)OC(C)(C)C)c(=O)n2C[C@@H](OC(C)C)c1ccccc1. The van der Waals surface area contributed by atoms with Crippen LogP contribution in [0.2, 0.25) is 0 Å². The fraction of sp³-hybridized carbons (Fsp3) is 0.477. The molecule has 87 heavy (non-hydrogen) atoms. The molecule has 20 nitrogen and oxygen atoms in total. The number of benzene rings is 3. The second-order valence-corrected chi connectivity index (χ2v) is 25.3. The minimum atomic E-state index is -1.83. The summed E-state index contributed by atoms with van der Waals surface area (Å²) in [5, 5.41) is 19.2. The Bertz CT molecular complexity index is 3750. The maximum atomic E-state index is 14.1. The summed E-state index contributed by atoms with van der Waals surface area (Å²) in [5.41, 5.74) is -3.82. The number of nitrogens with zero attached hydrogens (tertiary/aromatic N) is 4. The smallest absolute Gasteiger partial charge is 0.348 e. The molecule has 3 aromatic carbocycles. The number of aryl methyl sites for hydroxylation is 2. The molecule has 0 saturated carbocycles. The molecule has 22 heteroatoms. The molecule has 0 unspecified atom stereocenters. The summed E-state index contributed by atoms with van der Waals surface area (Å²) in [7, 11) is 0. The molecule has 0 aliphatic rings. The van der Waals surface area contributed by atoms with Crippen molar-refractivity contribution in [3.63, 3.8) is 0 Å². The monoisotopic (exact) mass is 1240 g/mol. The number of aliphatic carboxylic acids is 1. The summed E-state index contributed by atoms with van der Waals surface area (Å²) >= 11 is 2.01. The number of aliphatic hydroxyl groups is 1. The van der Waals surface area contributed by atoms with Crippen molar-refractivity contribution in [3.05, 3.63) is 170 Å². The van der Waals surface area contributed by atoms with E-state index in [1.807, 2.05) is 133 Å². The number of esters is 3. The van der Waals surface area contributed by atoms with Gasteiger partial charge < -0.3 is 38.6 Å². The van der Waals surface area contributed by atoms with Crippen LogP contribution in [0.15, 0.2) is 110 Å². The number of ether oxygens (including phenoxy) is 6. The fourth-order valence-corrected chi connectivity index (χ4v) is 11.8. The van der Waals surface area contributed by atoms with Crippen molar-refractivity contribution in [3.8, 4) is 0 Å². The highest BCUT2D eigenvalue weighted by Crippen LogP contribution is 2.34. The van der Waals surface area contributed by atoms with Gasteiger partial charge in [0.2, 0.25) is 0 Å². The standard InChI is InChI=1S/C29H38N2O7S.C25H30N2O7S.C11H16O2/c1-10-36-25(33)22-18(4)21-23(32)31(29(8,9)26(34)38-28(5,6)7)27(35)30(24(21)39-22)16-20(37-17(2)3)19-14-12-11-13-15-19;1-7-33-22(29)19-15(4)18-20(28)27(25(5,6)23(30)31)24(32)26(21(18)35-19)13-17(34-14(2)3)16-11-9-8-10-12-16;1-9(2)13-11(8-12)10-6-4-3-5-7-10/h11-15,17,20H,10,16H2,1-9H3;8-12,14,17H,7,13H2,1-6H3,(H,30,31);3-7,9,11-12H,8H2,1-2H3/t20-;17-;11-/m111/s1. The third-order valence-electron chi connectivity index (χ3n) is 13.6. The van der Waals surface area contributed by atoms with E-state index in [4.69, 9.17) is 33.5 Å². The summed E-state index contributed by atoms with van der Waals surface area (Å²) in [5.74, 6) is -3.24. The number of aliphatic hydroxyl groups excluding tert-OH is 1. The number of aromatic nitrogens is 4. The van der Waals surface area contributed by atoms with E-state index in [0.717, 1.165) is 48.5 Å². The number of carboxylic acids is 1. The number of carboxylic acid groups (broad SMARTS) is 1. The largest absolute Gasteiger partial charge is 0.480 e. The van der Waals surface area contributed by atoms with E-state index >= 15 is 0 Å². The molecule has 4 aromatic heterocycles. The van der Waals surface area contributed by atoms with Gasteiger partial charge in [-0.25, -0.2) is 37.9 Å². The maximum absolute atomic E-state index is 14.1. The zero-order chi connectivity index (χ0) is 65.0. The number of thiophene rings is 2. The third-order valence-corrected chi connectivity index (χ3v) is 16.2. The molecule has 7 aromatic rings. The number of hydrogen-bond donors (Lipinski definition) is 2. The predicted molar refractivity (Wildman–Crippen MR) is 337 cm³/mol. The van der Waals surface area contributed by atoms with Gasteiger partial charge in [-0.05, 0) is 146 Å². The molecule has 0 amide bonds. The lowest BCUT2D eigenvalue weighted by molar-refractivity contribution is -0.164. The Labute approximate surface area is 514 Å². The Morgan fingerprint density at radius 3 is 1.14 bits per heavy atom. The first-order chi connectivity index (χ1) is 40.7. The van der Waals surface area contributed by atoms with Crippen molar-refractivity contribution in [1.29, 1.82) is 0 Å². The van der Waals surface area contributed by atoms with Gasteiger partial charge in [0.1, 0.15) is 54.4 Å². The van der Waals surface area contributed by atoms with Gasteiger partial charge in [-0.1, -0.05) is 91.0 Å². The van der Waals surface area contributed by atoms with E-state index in [1.54, 1.807) is 48.5 Å². The third kappa shape index (κ3) is 16.8. The molecule has 7 rings (SSSR count). The van der Waals surface area contributed by atoms with Crippen LogP contribution in [0.4, 0.5) is 0 Å². The zero-order valence-corrected chi connectivity index (χ0v) is 54.5. The van der Waals surface area contributed by atoms with Crippen molar-refractivity contribution in [1.82, 2.24) is 18.3 Å². The second-order valence-electron chi connectivity index (χ2n) is 23.3. The van der Waals surface area contributed by atoms with Crippen LogP contribution in [0.25, 0.3) is 20.4 Å². The maximum Gasteiger partial charge on any atom is 0.348 e. The predicted octanol–water partition coefficient (Wildman–Crippen LogP) is 10.8. The normalized spacial score (nSPS) is 13.0. The number of carbonyl (C=O) groups is 4. The molecule has 0 bridgehead atoms. The van der Waals surface area contributed by atoms with E-state index in [2.05, 4.69) is 0 Å². The quantitative estimate of drug-likeness (QED) is 0.0473. The summed E-state index contributed by atoms with van der Waals surface area (Å²) < 4.78 is 38.2. The number of fused-ring (bicyclic) bond motifs is 2. The lowest BCUT2D eigenvalue weighted by Crippen LogP contribution is -2.54. The van der Waals surface area contributed by atoms with Crippen LogP contribution < -0.4 is 22.5 Å². The van der Waals surface area contributed by atoms with Crippen LogP contribution in [0.1, 0.15) is 169 Å². The van der Waals surface area contributed by atoms with Crippen molar-refractivity contribution < 1.29 is 57.8 Å². The van der Waals surface area contributed by atoms with Crippen LogP contribution >= 0.6 is 22.7 Å². The lowest BCUT2D eigenvalue weighted by atomic mass is 10.0. The van der Waals surface area contributed by atoms with Gasteiger partial charge in [0, 0.05) is 0 Å². The highest BCUT2D eigenvalue weighted by atomic mass is 32.1. The van der Waals surface area contributed by atoms with E-state index in [1.165, 1.54) is 36.8 Å². The number of carbonyl (C=O) groups excluding carboxylic acids is 3. The minimum Gasteiger partial charge on any atom is -0.480 e. The topological polar surface area (TPSA) is 252 Å². The molecular weight excluding hydrogens is 1160 g/mol. The second kappa shape index (κ2) is 30.0. The zero-order valence-electron chi connectivity index (χ0n) is 52.9. The van der Waals surface area contributed by atoms with Gasteiger partial charge >= 0.3 is 35.3 Å². The Hall–Kier alpha value is -7.34. The first-order valence-corrected chi connectivity index (χ1v) is 30.5. The molecule has 4 heterocycles. The van der Waals surface area contributed by atoms with Crippen LogP contribution in [-0.2, 0) is 62.2 Å². The van der Waals surface area contributed by atoms with E-state index < -0.39 is 75.3 Å². The Morgan fingerprint density at radius 2 is 0.839 bits per heavy atom. The van der Waals surface area contributed by atoms with E-state index in [-0.39, 0.29) is 82.7 Å². The molecule has 0 aliphatic heterocycles. The first-order valence-electron chi connectivity index (χ1n) is 28.9. The molecule has 472 valence electrons. The number of hydrogen-bond acceptors (Lipinski definition) is 17. The van der Waals surface area contributed by atoms with Gasteiger partial charge in [-0.3, -0.25) is 18.7 Å². The average Bonchev–Trinajstić information content (AvgIpc) is 1.70. The fourth-order valence-electron chi connectivity index (χ4n) is 9.37. The molecule has 0 radical (unpaired) electrons. The van der Waals surface area contributed by atoms with Gasteiger partial charge in [0.15, 0.2) is 0 Å². The molecular formula is C65H84N4O16S2. The summed E-state index contributed by atoms with van der Waals surface area (Å²) in [4.78, 5) is 107. The average molecular weight is 1240 g/mol. The van der Waals surface area contributed by atoms with Crippen molar-refractivity contribution in [2.24, 2.45) is 0 Å². The lowest BCUT2D eigenvalue weighted by Gasteiger charge is -2.30. The van der Waals surface area contributed by atoms with Gasteiger partial charge in [0.05, 0.1) is 62.0 Å². The van der Waals surface area contributed by atoms with Crippen LogP contribution in [0.5, 0.6) is 0 Å². The van der Waals surface area contributed by atoms with Crippen molar-refractivity contribution in [2.75, 3.05) is 19.8 Å². The first kappa shape index (κ1) is 70.4. The van der Waals surface area contributed by atoms with Crippen molar-refractivity contribution >= 4 is 67.0 Å². The summed E-state index contributed by atoms with van der Waals surface area (Å²) in [6.45, 7) is 29.2. The van der Waals surface area contributed by atoms with Crippen LogP contribution in [0.3, 0.4) is 0 Å². The van der Waals surface area contributed by atoms with Crippen LogP contribution in [0, 0.1) is 13.8 Å². The molecule has 0 fully saturated rings. The van der Waals surface area contributed by atoms with E-state index in [0.29, 0.717) is 16.0 Å². The van der Waals surface area contributed by atoms with Gasteiger partial charge in [-0.15, -0.1) is 22.7 Å². The van der Waals surface area contributed by atoms with Crippen molar-refractivity contribution in [2.45, 2.75) is 184 Å². The Kier molecular flexibility index (Phi) is 24.3. The van der Waals surface area contributed by atoms with E-state index in [9.17, 15) is 43.5 Å². The Morgan fingerprint density at radius 1 is 0.517 bits per heavy atom. The molecule has 0 spiro atoms. The molecule has 3 atom stereocenters. The molecule has 2 N–H and O–H groups in total. The molecule has 0 aliphatic carbocycles. The molecule has 0 saturated heterocycles. The van der Waals surface area contributed by atoms with Crippen LogP contribution in [-0.4, -0.2) is 96.1 Å². The number of rotatable bonds is 22. The minimum absolute atomic E-state index is 0.00965. The van der Waals surface area contributed by atoms with Gasteiger partial charge in [0.25, 0.3) is 11.1 Å². The highest BCUT2D eigenvalue weighted by molar-refractivity contribution is 7.21. The summed E-state index contributed by atoms with van der Waals surface area (Å²) in [6.07, 6.45) is -1.50. The van der Waals surface area contributed by atoms with Gasteiger partial charge in [-0.2, -0.15) is 0 Å². The summed E-state index contributed by atoms with van der Waals surface area (Å²) in [6, 6.07) is 28.5. The Balaban J connectivity index is 0.000000264. The highest BCUT2D eigenvalue weighted by Gasteiger charge is 2.40.